The summed E-state index contributed by atoms with van der Waals surface area (Å²) in [6, 6.07) is 2.33. The van der Waals surface area contributed by atoms with Gasteiger partial charge in [-0.1, -0.05) is 6.07 Å². The first-order chi connectivity index (χ1) is 8.79. The maximum Gasteiger partial charge on any atom is 0.416 e. The van der Waals surface area contributed by atoms with Crippen molar-refractivity contribution >= 4 is 5.97 Å². The van der Waals surface area contributed by atoms with Gasteiger partial charge in [-0.2, -0.15) is 13.2 Å². The predicted molar refractivity (Wildman–Crippen MR) is 61.6 cm³/mol. The molecule has 0 aliphatic heterocycles. The zero-order valence-corrected chi connectivity index (χ0v) is 10.5. The standard InChI is InChI=1S/C12H14F3NO3/c1-18-7-3-4-8(9(5-7)12(13,14)15)10(16)6-11(17)19-2/h3-5,10H,6,16H2,1-2H3/t10-/m0/s1. The third-order valence-corrected chi connectivity index (χ3v) is 2.58. The maximum absolute atomic E-state index is 12.9. The molecule has 0 saturated heterocycles. The van der Waals surface area contributed by atoms with Crippen LogP contribution in [0.5, 0.6) is 5.75 Å². The number of hydrogen-bond donors (Lipinski definition) is 1. The maximum atomic E-state index is 12.9. The summed E-state index contributed by atoms with van der Waals surface area (Å²) in [6.45, 7) is 0. The normalized spacial score (nSPS) is 12.9. The first kappa shape index (κ1) is 15.3. The van der Waals surface area contributed by atoms with E-state index in [0.29, 0.717) is 0 Å². The van der Waals surface area contributed by atoms with Crippen molar-refractivity contribution in [3.63, 3.8) is 0 Å². The molecule has 0 unspecified atom stereocenters. The van der Waals surface area contributed by atoms with Crippen molar-refractivity contribution in [2.45, 2.75) is 18.6 Å². The lowest BCUT2D eigenvalue weighted by molar-refractivity contribution is -0.142. The lowest BCUT2D eigenvalue weighted by atomic mass is 9.98. The highest BCUT2D eigenvalue weighted by atomic mass is 19.4. The average molecular weight is 277 g/mol. The predicted octanol–water partition coefficient (Wildman–Crippen LogP) is 2.28. The Bertz CT molecular complexity index is 460. The van der Waals surface area contributed by atoms with Gasteiger partial charge in [0.05, 0.1) is 26.2 Å². The van der Waals surface area contributed by atoms with E-state index in [0.717, 1.165) is 13.2 Å². The Labute approximate surface area is 108 Å². The summed E-state index contributed by atoms with van der Waals surface area (Å²) in [5.74, 6) is -0.599. The first-order valence-electron chi connectivity index (χ1n) is 5.37. The number of hydrogen-bond acceptors (Lipinski definition) is 4. The molecule has 0 amide bonds. The molecule has 0 heterocycles. The van der Waals surface area contributed by atoms with Crippen molar-refractivity contribution in [3.05, 3.63) is 29.3 Å². The van der Waals surface area contributed by atoms with Crippen LogP contribution in [0.15, 0.2) is 18.2 Å². The minimum atomic E-state index is -4.57. The van der Waals surface area contributed by atoms with Crippen LogP contribution in [0, 0.1) is 0 Å². The highest BCUT2D eigenvalue weighted by Gasteiger charge is 2.35. The minimum absolute atomic E-state index is 0.0707. The smallest absolute Gasteiger partial charge is 0.416 e. The van der Waals surface area contributed by atoms with Crippen LogP contribution >= 0.6 is 0 Å². The van der Waals surface area contributed by atoms with Gasteiger partial charge < -0.3 is 15.2 Å². The van der Waals surface area contributed by atoms with Gasteiger partial charge in [-0.15, -0.1) is 0 Å². The zero-order chi connectivity index (χ0) is 14.6. The van der Waals surface area contributed by atoms with E-state index >= 15 is 0 Å². The van der Waals surface area contributed by atoms with Crippen LogP contribution < -0.4 is 10.5 Å². The van der Waals surface area contributed by atoms with Crippen molar-refractivity contribution in [1.29, 1.82) is 0 Å². The molecule has 1 aromatic rings. The monoisotopic (exact) mass is 277 g/mol. The number of methoxy groups -OCH3 is 2. The summed E-state index contributed by atoms with van der Waals surface area (Å²) in [7, 11) is 2.41. The van der Waals surface area contributed by atoms with E-state index in [-0.39, 0.29) is 17.7 Å². The van der Waals surface area contributed by atoms with Crippen LogP contribution in [-0.4, -0.2) is 20.2 Å². The van der Waals surface area contributed by atoms with Gasteiger partial charge in [0.2, 0.25) is 0 Å². The third-order valence-electron chi connectivity index (χ3n) is 2.58. The van der Waals surface area contributed by atoms with Crippen molar-refractivity contribution < 1.29 is 27.4 Å². The van der Waals surface area contributed by atoms with Crippen LogP contribution in [0.4, 0.5) is 13.2 Å². The second kappa shape index (κ2) is 5.92. The van der Waals surface area contributed by atoms with Crippen molar-refractivity contribution in [2.24, 2.45) is 5.73 Å². The number of ether oxygens (including phenoxy) is 2. The highest BCUT2D eigenvalue weighted by Crippen LogP contribution is 2.37. The van der Waals surface area contributed by atoms with Crippen LogP contribution in [0.2, 0.25) is 0 Å². The minimum Gasteiger partial charge on any atom is -0.497 e. The Balaban J connectivity index is 3.15. The molecule has 2 N–H and O–H groups in total. The lowest BCUT2D eigenvalue weighted by Gasteiger charge is -2.18. The molecular weight excluding hydrogens is 263 g/mol. The van der Waals surface area contributed by atoms with Crippen LogP contribution in [0.25, 0.3) is 0 Å². The number of carbonyl (C=O) groups excluding carboxylic acids is 1. The summed E-state index contributed by atoms with van der Waals surface area (Å²) in [4.78, 5) is 11.1. The summed E-state index contributed by atoms with van der Waals surface area (Å²) in [5, 5.41) is 0. The van der Waals surface area contributed by atoms with Gasteiger partial charge in [-0.05, 0) is 17.7 Å². The summed E-state index contributed by atoms with van der Waals surface area (Å²) in [5.41, 5.74) is 4.54. The largest absolute Gasteiger partial charge is 0.497 e. The lowest BCUT2D eigenvalue weighted by Crippen LogP contribution is -2.20. The van der Waals surface area contributed by atoms with E-state index in [2.05, 4.69) is 4.74 Å². The van der Waals surface area contributed by atoms with E-state index < -0.39 is 23.8 Å². The van der Waals surface area contributed by atoms with Crippen LogP contribution in [-0.2, 0) is 15.7 Å². The molecule has 0 radical (unpaired) electrons. The number of rotatable bonds is 4. The second-order valence-corrected chi connectivity index (χ2v) is 3.84. The summed E-state index contributed by atoms with van der Waals surface area (Å²) in [6.07, 6.45) is -4.90. The molecular formula is C12H14F3NO3. The number of nitrogens with two attached hydrogens (primary N) is 1. The topological polar surface area (TPSA) is 61.5 Å². The average Bonchev–Trinajstić information content (AvgIpc) is 2.36. The Morgan fingerprint density at radius 2 is 2.00 bits per heavy atom. The molecule has 0 aliphatic carbocycles. The molecule has 1 aromatic carbocycles. The van der Waals surface area contributed by atoms with Gasteiger partial charge in [0, 0.05) is 6.04 Å². The fourth-order valence-corrected chi connectivity index (χ4v) is 1.60. The summed E-state index contributed by atoms with van der Waals surface area (Å²) >= 11 is 0. The van der Waals surface area contributed by atoms with E-state index in [1.54, 1.807) is 0 Å². The van der Waals surface area contributed by atoms with E-state index in [4.69, 9.17) is 10.5 Å². The van der Waals surface area contributed by atoms with E-state index in [1.807, 2.05) is 0 Å². The molecule has 1 atom stereocenters. The van der Waals surface area contributed by atoms with Gasteiger partial charge in [-0.25, -0.2) is 0 Å². The first-order valence-corrected chi connectivity index (χ1v) is 5.37. The molecule has 0 fully saturated rings. The van der Waals surface area contributed by atoms with Gasteiger partial charge in [-0.3, -0.25) is 4.79 Å². The van der Waals surface area contributed by atoms with Crippen molar-refractivity contribution in [3.8, 4) is 5.75 Å². The molecule has 0 aliphatic rings. The number of halogens is 3. The highest BCUT2D eigenvalue weighted by molar-refractivity contribution is 5.70. The summed E-state index contributed by atoms with van der Waals surface area (Å²) < 4.78 is 47.9. The van der Waals surface area contributed by atoms with Crippen molar-refractivity contribution in [2.75, 3.05) is 14.2 Å². The molecule has 106 valence electrons. The Kier molecular flexibility index (Phi) is 4.77. The zero-order valence-electron chi connectivity index (χ0n) is 10.5. The fourth-order valence-electron chi connectivity index (χ4n) is 1.60. The van der Waals surface area contributed by atoms with Gasteiger partial charge in [0.1, 0.15) is 5.75 Å². The third kappa shape index (κ3) is 3.85. The molecule has 1 rings (SSSR count). The molecule has 0 aromatic heterocycles. The quantitative estimate of drug-likeness (QED) is 0.858. The molecule has 7 heteroatoms. The molecule has 0 bridgehead atoms. The van der Waals surface area contributed by atoms with Gasteiger partial charge >= 0.3 is 12.1 Å². The Hall–Kier alpha value is -1.76. The van der Waals surface area contributed by atoms with Gasteiger partial charge in [0.15, 0.2) is 0 Å². The fraction of sp³-hybridized carbons (Fsp3) is 0.417. The van der Waals surface area contributed by atoms with Crippen LogP contribution in [0.1, 0.15) is 23.6 Å². The van der Waals surface area contributed by atoms with Gasteiger partial charge in [0.25, 0.3) is 0 Å². The van der Waals surface area contributed by atoms with E-state index in [9.17, 15) is 18.0 Å². The Morgan fingerprint density at radius 3 is 2.47 bits per heavy atom. The SMILES string of the molecule is COC(=O)C[C@H](N)c1ccc(OC)cc1C(F)(F)F. The second-order valence-electron chi connectivity index (χ2n) is 3.84. The molecule has 0 saturated carbocycles. The van der Waals surface area contributed by atoms with Crippen LogP contribution in [0.3, 0.4) is 0 Å². The molecule has 19 heavy (non-hydrogen) atoms. The Morgan fingerprint density at radius 1 is 1.37 bits per heavy atom. The number of benzene rings is 1. The molecule has 0 spiro atoms. The number of alkyl halides is 3. The van der Waals surface area contributed by atoms with Crippen molar-refractivity contribution in [1.82, 2.24) is 0 Å². The number of carbonyl (C=O) groups is 1. The molecule has 4 nitrogen and oxygen atoms in total. The number of esters is 1. The van der Waals surface area contributed by atoms with E-state index in [1.165, 1.54) is 19.2 Å².